The smallest absolute Gasteiger partial charge is 0.0541 e. The second-order valence-electron chi connectivity index (χ2n) is 14.2. The van der Waals surface area contributed by atoms with Gasteiger partial charge in [0, 0.05) is 33.5 Å². The van der Waals surface area contributed by atoms with Crippen LogP contribution in [0.2, 0.25) is 0 Å². The summed E-state index contributed by atoms with van der Waals surface area (Å²) in [6.45, 7) is 0. The van der Waals surface area contributed by atoms with E-state index in [-0.39, 0.29) is 0 Å². The summed E-state index contributed by atoms with van der Waals surface area (Å²) in [5, 5.41) is 2.47. The van der Waals surface area contributed by atoms with Gasteiger partial charge in [-0.25, -0.2) is 0 Å². The molecule has 1 aromatic heterocycles. The first kappa shape index (κ1) is 33.2. The molecule has 0 aliphatic rings. The molecule has 0 bridgehead atoms. The summed E-state index contributed by atoms with van der Waals surface area (Å²) < 4.78 is 2.43. The van der Waals surface area contributed by atoms with E-state index in [9.17, 15) is 0 Å². The van der Waals surface area contributed by atoms with Crippen LogP contribution in [0.15, 0.2) is 231 Å². The van der Waals surface area contributed by atoms with Crippen molar-refractivity contribution in [1.29, 1.82) is 0 Å². The van der Waals surface area contributed by atoms with E-state index < -0.39 is 0 Å². The Morgan fingerprint density at radius 2 is 0.714 bits per heavy atom. The van der Waals surface area contributed by atoms with Gasteiger partial charge in [-0.3, -0.25) is 0 Å². The lowest BCUT2D eigenvalue weighted by atomic mass is 9.93. The first-order chi connectivity index (χ1) is 27.8. The third kappa shape index (κ3) is 6.14. The maximum absolute atomic E-state index is 2.43. The zero-order valence-corrected chi connectivity index (χ0v) is 30.8. The molecular formula is C54H38N2. The summed E-state index contributed by atoms with van der Waals surface area (Å²) in [6.07, 6.45) is 0. The first-order valence-corrected chi connectivity index (χ1v) is 19.2. The number of hydrogen-bond donors (Lipinski definition) is 0. The predicted octanol–water partition coefficient (Wildman–Crippen LogP) is 14.9. The van der Waals surface area contributed by atoms with Crippen molar-refractivity contribution in [2.24, 2.45) is 0 Å². The highest BCUT2D eigenvalue weighted by Gasteiger charge is 2.17. The van der Waals surface area contributed by atoms with Crippen LogP contribution in [-0.4, -0.2) is 4.57 Å². The molecule has 9 aromatic carbocycles. The number of anilines is 3. The van der Waals surface area contributed by atoms with Crippen LogP contribution in [-0.2, 0) is 0 Å². The molecule has 0 aliphatic carbocycles. The van der Waals surface area contributed by atoms with Crippen molar-refractivity contribution >= 4 is 38.9 Å². The van der Waals surface area contributed by atoms with E-state index in [0.29, 0.717) is 0 Å². The fourth-order valence-corrected chi connectivity index (χ4v) is 8.13. The number of aromatic nitrogens is 1. The zero-order valence-electron chi connectivity index (χ0n) is 30.8. The Bertz CT molecular complexity index is 2830. The Hall–Kier alpha value is -7.42. The first-order valence-electron chi connectivity index (χ1n) is 19.2. The molecule has 264 valence electrons. The van der Waals surface area contributed by atoms with E-state index in [1.165, 1.54) is 66.3 Å². The average molecular weight is 715 g/mol. The van der Waals surface area contributed by atoms with Crippen molar-refractivity contribution in [1.82, 2.24) is 4.57 Å². The molecule has 2 nitrogen and oxygen atoms in total. The highest BCUT2D eigenvalue weighted by atomic mass is 15.1. The van der Waals surface area contributed by atoms with Crippen LogP contribution in [0.1, 0.15) is 0 Å². The van der Waals surface area contributed by atoms with E-state index in [1.54, 1.807) is 0 Å². The monoisotopic (exact) mass is 714 g/mol. The number of fused-ring (bicyclic) bond motifs is 3. The van der Waals surface area contributed by atoms with Crippen LogP contribution < -0.4 is 4.90 Å². The van der Waals surface area contributed by atoms with Crippen LogP contribution in [0, 0.1) is 0 Å². The number of nitrogens with zero attached hydrogens (tertiary/aromatic N) is 2. The lowest BCUT2D eigenvalue weighted by Gasteiger charge is -2.25. The van der Waals surface area contributed by atoms with Crippen LogP contribution in [0.25, 0.3) is 72.0 Å². The van der Waals surface area contributed by atoms with Gasteiger partial charge in [0.05, 0.1) is 11.0 Å². The molecule has 0 saturated carbocycles. The van der Waals surface area contributed by atoms with Crippen molar-refractivity contribution < 1.29 is 0 Å². The van der Waals surface area contributed by atoms with Gasteiger partial charge in [-0.15, -0.1) is 0 Å². The quantitative estimate of drug-likeness (QED) is 0.152. The summed E-state index contributed by atoms with van der Waals surface area (Å²) in [5.74, 6) is 0. The Balaban J connectivity index is 1.08. The van der Waals surface area contributed by atoms with Crippen molar-refractivity contribution in [3.63, 3.8) is 0 Å². The van der Waals surface area contributed by atoms with E-state index in [2.05, 4.69) is 240 Å². The molecule has 0 aliphatic heterocycles. The molecule has 0 N–H and O–H groups in total. The van der Waals surface area contributed by atoms with Crippen molar-refractivity contribution in [3.8, 4) is 50.2 Å². The second kappa shape index (κ2) is 14.4. The molecular weight excluding hydrogens is 677 g/mol. The highest BCUT2D eigenvalue weighted by Crippen LogP contribution is 2.41. The minimum Gasteiger partial charge on any atom is -0.311 e. The van der Waals surface area contributed by atoms with Crippen molar-refractivity contribution in [3.05, 3.63) is 231 Å². The largest absolute Gasteiger partial charge is 0.311 e. The van der Waals surface area contributed by atoms with E-state index in [1.807, 2.05) is 0 Å². The summed E-state index contributed by atoms with van der Waals surface area (Å²) in [7, 11) is 0. The molecule has 0 fully saturated rings. The van der Waals surface area contributed by atoms with Crippen LogP contribution in [0.5, 0.6) is 0 Å². The van der Waals surface area contributed by atoms with Crippen molar-refractivity contribution in [2.75, 3.05) is 4.90 Å². The van der Waals surface area contributed by atoms with Crippen LogP contribution >= 0.6 is 0 Å². The fraction of sp³-hybridized carbons (Fsp3) is 0. The minimum atomic E-state index is 1.12. The second-order valence-corrected chi connectivity index (χ2v) is 14.2. The Kier molecular flexibility index (Phi) is 8.55. The lowest BCUT2D eigenvalue weighted by molar-refractivity contribution is 1.18. The Morgan fingerprint density at radius 3 is 1.30 bits per heavy atom. The standard InChI is InChI=1S/C54H38N2/c1-5-17-39(18-6-1)43-35-44(40-19-7-2-8-20-40)37-48(36-43)56-53-28-16-15-27-51(53)52-38-42(31-34-54(52)56)50-26-14-13-25-49(50)41-29-32-47(33-30-41)55(45-21-9-3-10-22-45)46-23-11-4-12-24-46/h1-38H. The molecule has 0 unspecified atom stereocenters. The summed E-state index contributed by atoms with van der Waals surface area (Å²) in [4.78, 5) is 2.30. The van der Waals surface area contributed by atoms with Gasteiger partial charge in [0.1, 0.15) is 0 Å². The van der Waals surface area contributed by atoms with Gasteiger partial charge < -0.3 is 9.47 Å². The van der Waals surface area contributed by atoms with Gasteiger partial charge in [-0.1, -0.05) is 158 Å². The highest BCUT2D eigenvalue weighted by molar-refractivity contribution is 6.11. The summed E-state index contributed by atoms with van der Waals surface area (Å²) >= 11 is 0. The third-order valence-electron chi connectivity index (χ3n) is 10.8. The maximum atomic E-state index is 2.43. The van der Waals surface area contributed by atoms with E-state index >= 15 is 0 Å². The Morgan fingerprint density at radius 1 is 0.268 bits per heavy atom. The molecule has 0 saturated heterocycles. The normalized spacial score (nSPS) is 11.2. The number of benzene rings is 9. The Labute approximate surface area is 327 Å². The van der Waals surface area contributed by atoms with Crippen molar-refractivity contribution in [2.45, 2.75) is 0 Å². The lowest BCUT2D eigenvalue weighted by Crippen LogP contribution is -2.09. The number of hydrogen-bond acceptors (Lipinski definition) is 1. The molecule has 1 heterocycles. The average Bonchev–Trinajstić information content (AvgIpc) is 3.62. The van der Waals surface area contributed by atoms with E-state index in [0.717, 1.165) is 22.7 Å². The SMILES string of the molecule is c1ccc(-c2cc(-c3ccccc3)cc(-n3c4ccccc4c4cc(-c5ccccc5-c5ccc(N(c6ccccc6)c6ccccc6)cc5)ccc43)c2)cc1. The molecule has 0 atom stereocenters. The maximum Gasteiger partial charge on any atom is 0.0541 e. The van der Waals surface area contributed by atoms with Gasteiger partial charge in [-0.05, 0) is 117 Å². The van der Waals surface area contributed by atoms with Gasteiger partial charge in [0.2, 0.25) is 0 Å². The molecule has 0 amide bonds. The molecule has 56 heavy (non-hydrogen) atoms. The van der Waals surface area contributed by atoms with Gasteiger partial charge >= 0.3 is 0 Å². The minimum absolute atomic E-state index is 1.12. The third-order valence-corrected chi connectivity index (χ3v) is 10.8. The van der Waals surface area contributed by atoms with Gasteiger partial charge in [0.15, 0.2) is 0 Å². The van der Waals surface area contributed by atoms with Crippen LogP contribution in [0.4, 0.5) is 17.1 Å². The summed E-state index contributed by atoms with van der Waals surface area (Å²) in [6, 6.07) is 83.0. The molecule has 0 spiro atoms. The fourth-order valence-electron chi connectivity index (χ4n) is 8.13. The molecule has 10 rings (SSSR count). The number of para-hydroxylation sites is 3. The van der Waals surface area contributed by atoms with Crippen LogP contribution in [0.3, 0.4) is 0 Å². The molecule has 0 radical (unpaired) electrons. The predicted molar refractivity (Wildman–Crippen MR) is 237 cm³/mol. The van der Waals surface area contributed by atoms with E-state index in [4.69, 9.17) is 0 Å². The van der Waals surface area contributed by atoms with Gasteiger partial charge in [0.25, 0.3) is 0 Å². The topological polar surface area (TPSA) is 8.17 Å². The number of rotatable bonds is 8. The zero-order chi connectivity index (χ0) is 37.3. The van der Waals surface area contributed by atoms with Gasteiger partial charge in [-0.2, -0.15) is 0 Å². The molecule has 2 heteroatoms. The molecule has 10 aromatic rings. The summed E-state index contributed by atoms with van der Waals surface area (Å²) in [5.41, 5.74) is 16.5.